The molecule has 3 heteroatoms. The standard InChI is InChI=1S/C17H23N3/c1-12-4-5-15(10-13(12)2)17-11-20(19-14(17)3)16-6-8-18-9-7-16/h4-5,10-11,16,18H,6-9H2,1-3H3. The summed E-state index contributed by atoms with van der Waals surface area (Å²) in [7, 11) is 0. The van der Waals surface area contributed by atoms with E-state index in [-0.39, 0.29) is 0 Å². The number of benzene rings is 1. The van der Waals surface area contributed by atoms with Gasteiger partial charge in [-0.1, -0.05) is 18.2 Å². The van der Waals surface area contributed by atoms with Gasteiger partial charge in [0.25, 0.3) is 0 Å². The highest BCUT2D eigenvalue weighted by atomic mass is 15.3. The lowest BCUT2D eigenvalue weighted by atomic mass is 10.0. The second-order valence-electron chi connectivity index (χ2n) is 5.89. The normalized spacial score (nSPS) is 16.6. The molecule has 1 aliphatic rings. The first-order valence-electron chi connectivity index (χ1n) is 7.49. The van der Waals surface area contributed by atoms with E-state index >= 15 is 0 Å². The Morgan fingerprint density at radius 2 is 1.85 bits per heavy atom. The van der Waals surface area contributed by atoms with Crippen molar-refractivity contribution in [3.8, 4) is 11.1 Å². The number of hydrogen-bond donors (Lipinski definition) is 1. The van der Waals surface area contributed by atoms with Crippen LogP contribution in [0.3, 0.4) is 0 Å². The highest BCUT2D eigenvalue weighted by Gasteiger charge is 2.17. The van der Waals surface area contributed by atoms with Gasteiger partial charge >= 0.3 is 0 Å². The fourth-order valence-electron chi connectivity index (χ4n) is 2.93. The van der Waals surface area contributed by atoms with E-state index in [1.165, 1.54) is 35.1 Å². The van der Waals surface area contributed by atoms with E-state index in [2.05, 4.69) is 55.2 Å². The van der Waals surface area contributed by atoms with E-state index in [9.17, 15) is 0 Å². The van der Waals surface area contributed by atoms with Crippen molar-refractivity contribution in [2.45, 2.75) is 39.7 Å². The van der Waals surface area contributed by atoms with Gasteiger partial charge in [-0.15, -0.1) is 0 Å². The number of rotatable bonds is 2. The lowest BCUT2D eigenvalue weighted by molar-refractivity contribution is 0.342. The summed E-state index contributed by atoms with van der Waals surface area (Å²) < 4.78 is 2.18. The minimum atomic E-state index is 0.551. The van der Waals surface area contributed by atoms with Crippen LogP contribution < -0.4 is 5.32 Å². The van der Waals surface area contributed by atoms with Crippen LogP contribution in [0.5, 0.6) is 0 Å². The fraction of sp³-hybridized carbons (Fsp3) is 0.471. The Bertz CT molecular complexity index is 607. The zero-order valence-corrected chi connectivity index (χ0v) is 12.6. The fourth-order valence-corrected chi connectivity index (χ4v) is 2.93. The number of piperidine rings is 1. The molecule has 0 bridgehead atoms. The summed E-state index contributed by atoms with van der Waals surface area (Å²) in [6.45, 7) is 8.64. The van der Waals surface area contributed by atoms with E-state index in [0.717, 1.165) is 18.8 Å². The molecule has 0 amide bonds. The number of nitrogens with one attached hydrogen (secondary N) is 1. The van der Waals surface area contributed by atoms with Gasteiger partial charge in [-0.05, 0) is 63.4 Å². The molecule has 0 unspecified atom stereocenters. The molecule has 0 saturated carbocycles. The van der Waals surface area contributed by atoms with Gasteiger partial charge in [0.1, 0.15) is 0 Å². The Balaban J connectivity index is 1.93. The molecule has 0 radical (unpaired) electrons. The number of aromatic nitrogens is 2. The first-order chi connectivity index (χ1) is 9.65. The second kappa shape index (κ2) is 5.41. The minimum Gasteiger partial charge on any atom is -0.317 e. The molecule has 1 aromatic heterocycles. The van der Waals surface area contributed by atoms with Crippen LogP contribution in [0, 0.1) is 20.8 Å². The van der Waals surface area contributed by atoms with Crippen molar-refractivity contribution in [2.24, 2.45) is 0 Å². The van der Waals surface area contributed by atoms with Gasteiger partial charge in [0, 0.05) is 11.8 Å². The summed E-state index contributed by atoms with van der Waals surface area (Å²) in [5.41, 5.74) is 6.37. The summed E-state index contributed by atoms with van der Waals surface area (Å²) in [5, 5.41) is 8.16. The molecule has 1 saturated heterocycles. The van der Waals surface area contributed by atoms with Crippen LogP contribution in [0.25, 0.3) is 11.1 Å². The van der Waals surface area contributed by atoms with Gasteiger partial charge in [-0.3, -0.25) is 4.68 Å². The van der Waals surface area contributed by atoms with E-state index in [4.69, 9.17) is 5.10 Å². The van der Waals surface area contributed by atoms with Crippen LogP contribution in [0.2, 0.25) is 0 Å². The maximum absolute atomic E-state index is 4.75. The van der Waals surface area contributed by atoms with E-state index < -0.39 is 0 Å². The molecule has 1 aromatic carbocycles. The van der Waals surface area contributed by atoms with Crippen molar-refractivity contribution in [3.05, 3.63) is 41.2 Å². The summed E-state index contributed by atoms with van der Waals surface area (Å²) in [5.74, 6) is 0. The Morgan fingerprint density at radius 3 is 2.55 bits per heavy atom. The Kier molecular flexibility index (Phi) is 3.62. The topological polar surface area (TPSA) is 29.9 Å². The van der Waals surface area contributed by atoms with Crippen LogP contribution in [0.4, 0.5) is 0 Å². The summed E-state index contributed by atoms with van der Waals surface area (Å²) in [4.78, 5) is 0. The van der Waals surface area contributed by atoms with E-state index in [0.29, 0.717) is 6.04 Å². The molecule has 0 atom stereocenters. The van der Waals surface area contributed by atoms with Crippen LogP contribution in [-0.2, 0) is 0 Å². The molecule has 2 heterocycles. The number of nitrogens with zero attached hydrogens (tertiary/aromatic N) is 2. The van der Waals surface area contributed by atoms with Gasteiger partial charge in [0.05, 0.1) is 11.7 Å². The van der Waals surface area contributed by atoms with Crippen molar-refractivity contribution in [1.82, 2.24) is 15.1 Å². The van der Waals surface area contributed by atoms with Crippen LogP contribution in [0.15, 0.2) is 24.4 Å². The molecule has 1 aliphatic heterocycles. The maximum atomic E-state index is 4.75. The first-order valence-corrected chi connectivity index (χ1v) is 7.49. The molecule has 1 N–H and O–H groups in total. The summed E-state index contributed by atoms with van der Waals surface area (Å²) in [6.07, 6.45) is 4.58. The quantitative estimate of drug-likeness (QED) is 0.905. The van der Waals surface area contributed by atoms with Gasteiger partial charge < -0.3 is 5.32 Å². The molecule has 106 valence electrons. The van der Waals surface area contributed by atoms with Gasteiger partial charge in [0.15, 0.2) is 0 Å². The van der Waals surface area contributed by atoms with E-state index in [1.807, 2.05) is 0 Å². The molecule has 0 aliphatic carbocycles. The number of hydrogen-bond acceptors (Lipinski definition) is 2. The third kappa shape index (κ3) is 2.50. The number of aryl methyl sites for hydroxylation is 3. The largest absolute Gasteiger partial charge is 0.317 e. The van der Waals surface area contributed by atoms with Crippen LogP contribution in [0.1, 0.15) is 35.7 Å². The molecule has 1 fully saturated rings. The monoisotopic (exact) mass is 269 g/mol. The van der Waals surface area contributed by atoms with Gasteiger partial charge in [-0.25, -0.2) is 0 Å². The Hall–Kier alpha value is -1.61. The molecule has 3 nitrogen and oxygen atoms in total. The van der Waals surface area contributed by atoms with E-state index in [1.54, 1.807) is 0 Å². The van der Waals surface area contributed by atoms with Crippen molar-refractivity contribution < 1.29 is 0 Å². The molecule has 20 heavy (non-hydrogen) atoms. The zero-order valence-electron chi connectivity index (χ0n) is 12.6. The van der Waals surface area contributed by atoms with Crippen LogP contribution in [-0.4, -0.2) is 22.9 Å². The smallest absolute Gasteiger partial charge is 0.0672 e. The molecule has 3 rings (SSSR count). The average Bonchev–Trinajstić information content (AvgIpc) is 2.85. The average molecular weight is 269 g/mol. The molecule has 2 aromatic rings. The highest BCUT2D eigenvalue weighted by Crippen LogP contribution is 2.27. The van der Waals surface area contributed by atoms with Crippen molar-refractivity contribution in [1.29, 1.82) is 0 Å². The van der Waals surface area contributed by atoms with Crippen molar-refractivity contribution in [3.63, 3.8) is 0 Å². The molecular formula is C17H23N3. The van der Waals surface area contributed by atoms with Gasteiger partial charge in [0.2, 0.25) is 0 Å². The first kappa shape index (κ1) is 13.4. The molecular weight excluding hydrogens is 246 g/mol. The SMILES string of the molecule is Cc1ccc(-c2cn(C3CCNCC3)nc2C)cc1C. The molecule has 0 spiro atoms. The minimum absolute atomic E-state index is 0.551. The van der Waals surface area contributed by atoms with Crippen molar-refractivity contribution >= 4 is 0 Å². The highest BCUT2D eigenvalue weighted by molar-refractivity contribution is 5.66. The Labute approximate surface area is 121 Å². The summed E-state index contributed by atoms with van der Waals surface area (Å²) >= 11 is 0. The lowest BCUT2D eigenvalue weighted by Crippen LogP contribution is -2.29. The van der Waals surface area contributed by atoms with Crippen molar-refractivity contribution in [2.75, 3.05) is 13.1 Å². The van der Waals surface area contributed by atoms with Gasteiger partial charge in [-0.2, -0.15) is 5.10 Å². The zero-order chi connectivity index (χ0) is 14.1. The second-order valence-corrected chi connectivity index (χ2v) is 5.89. The lowest BCUT2D eigenvalue weighted by Gasteiger charge is -2.22. The predicted octanol–water partition coefficient (Wildman–Crippen LogP) is 3.40. The predicted molar refractivity (Wildman–Crippen MR) is 83.0 cm³/mol. The maximum Gasteiger partial charge on any atom is 0.0672 e. The summed E-state index contributed by atoms with van der Waals surface area (Å²) in [6, 6.07) is 7.23. The third-order valence-corrected chi connectivity index (χ3v) is 4.42. The third-order valence-electron chi connectivity index (χ3n) is 4.42. The van der Waals surface area contributed by atoms with Crippen LogP contribution >= 0.6 is 0 Å². The Morgan fingerprint density at radius 1 is 1.10 bits per heavy atom.